The zero-order chi connectivity index (χ0) is 15.2. The molecular formula is C13H16ClN5OS. The number of hydrogen-bond acceptors (Lipinski definition) is 5. The van der Waals surface area contributed by atoms with Crippen LogP contribution in [-0.2, 0) is 5.41 Å². The van der Waals surface area contributed by atoms with Gasteiger partial charge in [-0.15, -0.1) is 5.10 Å². The maximum atomic E-state index is 11.8. The van der Waals surface area contributed by atoms with Gasteiger partial charge in [-0.3, -0.25) is 4.57 Å². The van der Waals surface area contributed by atoms with Crippen LogP contribution in [0.4, 0.5) is 0 Å². The Bertz CT molecular complexity index is 729. The van der Waals surface area contributed by atoms with Crippen molar-refractivity contribution in [2.24, 2.45) is 0 Å². The molecule has 0 radical (unpaired) electrons. The summed E-state index contributed by atoms with van der Waals surface area (Å²) in [5.74, 6) is 0.674. The molecule has 2 aromatic rings. The van der Waals surface area contributed by atoms with Crippen molar-refractivity contribution >= 4 is 23.4 Å². The highest BCUT2D eigenvalue weighted by Crippen LogP contribution is 2.37. The molecule has 3 rings (SSSR count). The first kappa shape index (κ1) is 14.6. The van der Waals surface area contributed by atoms with E-state index < -0.39 is 0 Å². The van der Waals surface area contributed by atoms with Crippen molar-refractivity contribution in [2.75, 3.05) is 0 Å². The van der Waals surface area contributed by atoms with E-state index in [-0.39, 0.29) is 17.1 Å². The van der Waals surface area contributed by atoms with Gasteiger partial charge in [-0.25, -0.2) is 19.9 Å². The van der Waals surface area contributed by atoms with Crippen LogP contribution in [0, 0.1) is 0 Å². The van der Waals surface area contributed by atoms with Crippen molar-refractivity contribution in [3.05, 3.63) is 27.5 Å². The fourth-order valence-corrected chi connectivity index (χ4v) is 3.05. The Morgan fingerprint density at radius 2 is 2.10 bits per heavy atom. The standard InChI is InChI=1S/C13H16ClN5OS/c1-13(2,3)10-15-8(14)6-9(16-10)21-12-18-17-11(20)19(12)7-4-5-7/h6-7H,4-5H2,1-3H3,(H,17,20). The van der Waals surface area contributed by atoms with Gasteiger partial charge in [-0.05, 0) is 24.6 Å². The van der Waals surface area contributed by atoms with Gasteiger partial charge in [0.2, 0.25) is 0 Å². The zero-order valence-electron chi connectivity index (χ0n) is 12.1. The largest absolute Gasteiger partial charge is 0.344 e. The maximum absolute atomic E-state index is 11.8. The van der Waals surface area contributed by atoms with Crippen LogP contribution in [0.25, 0.3) is 0 Å². The SMILES string of the molecule is CC(C)(C)c1nc(Cl)cc(Sc2n[nH]c(=O)n2C2CC2)n1. The number of aromatic nitrogens is 5. The van der Waals surface area contributed by atoms with Gasteiger partial charge in [0.15, 0.2) is 5.16 Å². The molecule has 6 nitrogen and oxygen atoms in total. The Kier molecular flexibility index (Phi) is 3.57. The van der Waals surface area contributed by atoms with Crippen molar-refractivity contribution in [2.45, 2.75) is 55.3 Å². The van der Waals surface area contributed by atoms with E-state index >= 15 is 0 Å². The number of aromatic amines is 1. The Labute approximate surface area is 131 Å². The molecule has 1 N–H and O–H groups in total. The van der Waals surface area contributed by atoms with Gasteiger partial charge in [-0.1, -0.05) is 32.4 Å². The molecule has 0 atom stereocenters. The molecular weight excluding hydrogens is 310 g/mol. The van der Waals surface area contributed by atoms with Gasteiger partial charge in [0, 0.05) is 17.5 Å². The Morgan fingerprint density at radius 3 is 2.71 bits per heavy atom. The van der Waals surface area contributed by atoms with Gasteiger partial charge >= 0.3 is 5.69 Å². The Balaban J connectivity index is 1.95. The molecule has 1 aliphatic rings. The minimum Gasteiger partial charge on any atom is -0.267 e. The van der Waals surface area contributed by atoms with E-state index in [1.807, 2.05) is 20.8 Å². The molecule has 0 spiro atoms. The molecule has 0 amide bonds. The fraction of sp³-hybridized carbons (Fsp3) is 0.538. The van der Waals surface area contributed by atoms with Crippen LogP contribution < -0.4 is 5.69 Å². The summed E-state index contributed by atoms with van der Waals surface area (Å²) in [6.07, 6.45) is 2.04. The molecule has 2 heterocycles. The molecule has 8 heteroatoms. The second-order valence-electron chi connectivity index (χ2n) is 6.12. The quantitative estimate of drug-likeness (QED) is 0.878. The highest BCUT2D eigenvalue weighted by Gasteiger charge is 2.29. The Morgan fingerprint density at radius 1 is 1.38 bits per heavy atom. The van der Waals surface area contributed by atoms with E-state index in [9.17, 15) is 4.79 Å². The summed E-state index contributed by atoms with van der Waals surface area (Å²) in [4.78, 5) is 20.6. The first-order chi connectivity index (χ1) is 9.84. The number of hydrogen-bond donors (Lipinski definition) is 1. The first-order valence-electron chi connectivity index (χ1n) is 6.74. The second-order valence-corrected chi connectivity index (χ2v) is 7.49. The average molecular weight is 326 g/mol. The summed E-state index contributed by atoms with van der Waals surface area (Å²) < 4.78 is 1.69. The van der Waals surface area contributed by atoms with Crippen molar-refractivity contribution in [3.8, 4) is 0 Å². The molecule has 0 bridgehead atoms. The lowest BCUT2D eigenvalue weighted by Gasteiger charge is -2.17. The molecule has 112 valence electrons. The highest BCUT2D eigenvalue weighted by atomic mass is 35.5. The van der Waals surface area contributed by atoms with Crippen LogP contribution in [0.15, 0.2) is 21.0 Å². The summed E-state index contributed by atoms with van der Waals surface area (Å²) in [5.41, 5.74) is -0.363. The molecule has 0 aliphatic heterocycles. The Hall–Kier alpha value is -1.34. The molecule has 0 saturated heterocycles. The third-order valence-electron chi connectivity index (χ3n) is 3.12. The van der Waals surface area contributed by atoms with Crippen LogP contribution in [-0.4, -0.2) is 24.7 Å². The summed E-state index contributed by atoms with van der Waals surface area (Å²) in [6, 6.07) is 1.95. The minimum atomic E-state index is -0.193. The zero-order valence-corrected chi connectivity index (χ0v) is 13.6. The predicted molar refractivity (Wildman–Crippen MR) is 81.0 cm³/mol. The highest BCUT2D eigenvalue weighted by molar-refractivity contribution is 7.99. The van der Waals surface area contributed by atoms with E-state index in [4.69, 9.17) is 11.6 Å². The smallest absolute Gasteiger partial charge is 0.267 e. The van der Waals surface area contributed by atoms with E-state index in [0.717, 1.165) is 12.8 Å². The van der Waals surface area contributed by atoms with Gasteiger partial charge in [0.25, 0.3) is 0 Å². The minimum absolute atomic E-state index is 0.170. The van der Waals surface area contributed by atoms with Crippen LogP contribution in [0.5, 0.6) is 0 Å². The molecule has 0 aromatic carbocycles. The normalized spacial score (nSPS) is 15.4. The van der Waals surface area contributed by atoms with Crippen molar-refractivity contribution in [3.63, 3.8) is 0 Å². The van der Waals surface area contributed by atoms with Gasteiger partial charge in [0.05, 0.1) is 0 Å². The van der Waals surface area contributed by atoms with Gasteiger partial charge in [-0.2, -0.15) is 0 Å². The molecule has 0 unspecified atom stereocenters. The average Bonchev–Trinajstić information content (AvgIpc) is 3.13. The molecule has 21 heavy (non-hydrogen) atoms. The topological polar surface area (TPSA) is 76.5 Å². The van der Waals surface area contributed by atoms with Crippen LogP contribution in [0.2, 0.25) is 5.15 Å². The fourth-order valence-electron chi connectivity index (χ4n) is 1.90. The van der Waals surface area contributed by atoms with E-state index in [2.05, 4.69) is 20.2 Å². The number of H-pyrrole nitrogens is 1. The van der Waals surface area contributed by atoms with Gasteiger partial charge < -0.3 is 0 Å². The lowest BCUT2D eigenvalue weighted by atomic mass is 9.96. The maximum Gasteiger partial charge on any atom is 0.344 e. The number of rotatable bonds is 3. The third-order valence-corrected chi connectivity index (χ3v) is 4.20. The number of halogens is 1. The van der Waals surface area contributed by atoms with E-state index in [0.29, 0.717) is 21.2 Å². The van der Waals surface area contributed by atoms with Crippen LogP contribution in [0.1, 0.15) is 45.5 Å². The summed E-state index contributed by atoms with van der Waals surface area (Å²) in [6.45, 7) is 6.09. The van der Waals surface area contributed by atoms with Crippen molar-refractivity contribution in [1.82, 2.24) is 24.7 Å². The first-order valence-corrected chi connectivity index (χ1v) is 7.94. The molecule has 1 saturated carbocycles. The van der Waals surface area contributed by atoms with Crippen molar-refractivity contribution in [1.29, 1.82) is 0 Å². The number of nitrogens with zero attached hydrogens (tertiary/aromatic N) is 4. The third kappa shape index (κ3) is 3.13. The molecule has 1 fully saturated rings. The second kappa shape index (κ2) is 5.14. The van der Waals surface area contributed by atoms with Gasteiger partial charge in [0.1, 0.15) is 16.0 Å². The monoisotopic (exact) mass is 325 g/mol. The molecule has 2 aromatic heterocycles. The number of nitrogens with one attached hydrogen (secondary N) is 1. The lowest BCUT2D eigenvalue weighted by molar-refractivity contribution is 0.538. The van der Waals surface area contributed by atoms with Crippen molar-refractivity contribution < 1.29 is 0 Å². The predicted octanol–water partition coefficient (Wildman–Crippen LogP) is 2.80. The lowest BCUT2D eigenvalue weighted by Crippen LogP contribution is -2.17. The summed E-state index contributed by atoms with van der Waals surface area (Å²) >= 11 is 7.41. The van der Waals surface area contributed by atoms with Crippen LogP contribution >= 0.6 is 23.4 Å². The summed E-state index contributed by atoms with van der Waals surface area (Å²) in [7, 11) is 0. The van der Waals surface area contributed by atoms with E-state index in [1.54, 1.807) is 10.6 Å². The van der Waals surface area contributed by atoms with Crippen LogP contribution in [0.3, 0.4) is 0 Å². The van der Waals surface area contributed by atoms with E-state index in [1.165, 1.54) is 11.8 Å². The summed E-state index contributed by atoms with van der Waals surface area (Å²) in [5, 5.41) is 8.29. The molecule has 1 aliphatic carbocycles.